The van der Waals surface area contributed by atoms with Gasteiger partial charge >= 0.3 is 11.8 Å². The Hall–Kier alpha value is -4.46. The Morgan fingerprint density at radius 1 is 0.857 bits per heavy atom. The molecule has 4 N–H and O–H groups in total. The lowest BCUT2D eigenvalue weighted by Gasteiger charge is -2.18. The molecule has 8 heteroatoms. The molecular formula is C27H28N4O4. The van der Waals surface area contributed by atoms with Crippen LogP contribution in [0.5, 0.6) is 0 Å². The van der Waals surface area contributed by atoms with Crippen molar-refractivity contribution >= 4 is 34.4 Å². The molecule has 0 spiro atoms. The molecule has 1 atom stereocenters. The van der Waals surface area contributed by atoms with E-state index in [1.807, 2.05) is 49.4 Å². The average Bonchev–Trinajstić information content (AvgIpc) is 2.89. The summed E-state index contributed by atoms with van der Waals surface area (Å²) in [6.07, 6.45) is 2.69. The van der Waals surface area contributed by atoms with Gasteiger partial charge in [0.05, 0.1) is 6.04 Å². The Morgan fingerprint density at radius 2 is 1.54 bits per heavy atom. The van der Waals surface area contributed by atoms with Crippen LogP contribution in [-0.4, -0.2) is 37.2 Å². The van der Waals surface area contributed by atoms with Crippen molar-refractivity contribution in [1.29, 1.82) is 0 Å². The molecule has 0 saturated carbocycles. The van der Waals surface area contributed by atoms with Crippen LogP contribution in [0.4, 0.5) is 0 Å². The van der Waals surface area contributed by atoms with Gasteiger partial charge in [0.1, 0.15) is 0 Å². The van der Waals surface area contributed by atoms with Crippen LogP contribution >= 0.6 is 0 Å². The number of amides is 4. The molecule has 0 aromatic heterocycles. The highest BCUT2D eigenvalue weighted by Crippen LogP contribution is 2.24. The number of carbonyl (C=O) groups is 4. The largest absolute Gasteiger partial charge is 0.356 e. The molecule has 0 fully saturated rings. The number of fused-ring (bicyclic) bond motifs is 1. The normalized spacial score (nSPS) is 11.6. The van der Waals surface area contributed by atoms with E-state index in [1.54, 1.807) is 24.3 Å². The Labute approximate surface area is 203 Å². The Morgan fingerprint density at radius 3 is 2.34 bits per heavy atom. The van der Waals surface area contributed by atoms with Gasteiger partial charge in [-0.25, -0.2) is 0 Å². The van der Waals surface area contributed by atoms with Gasteiger partial charge in [0.15, 0.2) is 0 Å². The summed E-state index contributed by atoms with van der Waals surface area (Å²) in [5, 5.41) is 12.5. The highest BCUT2D eigenvalue weighted by Gasteiger charge is 2.18. The molecule has 0 unspecified atom stereocenters. The van der Waals surface area contributed by atoms with Crippen LogP contribution in [0.2, 0.25) is 0 Å². The second-order valence-electron chi connectivity index (χ2n) is 7.83. The molecule has 3 aromatic rings. The summed E-state index contributed by atoms with van der Waals surface area (Å²) in [4.78, 5) is 48.3. The minimum atomic E-state index is -0.835. The van der Waals surface area contributed by atoms with Gasteiger partial charge in [-0.1, -0.05) is 66.7 Å². The molecule has 8 nitrogen and oxygen atoms in total. The number of likely N-dealkylation sites (N-methyl/N-ethyl adjacent to an activating group) is 1. The van der Waals surface area contributed by atoms with Crippen LogP contribution < -0.4 is 21.3 Å². The summed E-state index contributed by atoms with van der Waals surface area (Å²) < 4.78 is 0. The zero-order valence-electron chi connectivity index (χ0n) is 19.6. The van der Waals surface area contributed by atoms with Crippen molar-refractivity contribution in [1.82, 2.24) is 21.3 Å². The second-order valence-corrected chi connectivity index (χ2v) is 7.83. The van der Waals surface area contributed by atoms with E-state index >= 15 is 0 Å². The van der Waals surface area contributed by atoms with Crippen molar-refractivity contribution in [2.24, 2.45) is 0 Å². The highest BCUT2D eigenvalue weighted by atomic mass is 16.2. The van der Waals surface area contributed by atoms with E-state index in [0.29, 0.717) is 11.1 Å². The summed E-state index contributed by atoms with van der Waals surface area (Å²) in [6, 6.07) is 20.6. The fourth-order valence-corrected chi connectivity index (χ4v) is 3.61. The molecule has 35 heavy (non-hydrogen) atoms. The van der Waals surface area contributed by atoms with Gasteiger partial charge in [-0.15, -0.1) is 0 Å². The maximum Gasteiger partial charge on any atom is 0.309 e. The van der Waals surface area contributed by atoms with Crippen molar-refractivity contribution in [2.45, 2.75) is 19.5 Å². The molecule has 0 heterocycles. The monoisotopic (exact) mass is 472 g/mol. The predicted octanol–water partition coefficient (Wildman–Crippen LogP) is 2.37. The smallest absolute Gasteiger partial charge is 0.309 e. The van der Waals surface area contributed by atoms with Crippen LogP contribution in [0, 0.1) is 0 Å². The van der Waals surface area contributed by atoms with Crippen molar-refractivity contribution < 1.29 is 19.2 Å². The number of benzene rings is 3. The van der Waals surface area contributed by atoms with Gasteiger partial charge in [-0.2, -0.15) is 0 Å². The first kappa shape index (κ1) is 25.2. The summed E-state index contributed by atoms with van der Waals surface area (Å²) in [5.74, 6) is -2.26. The topological polar surface area (TPSA) is 116 Å². The molecule has 0 radical (unpaired) electrons. The van der Waals surface area contributed by atoms with E-state index < -0.39 is 11.8 Å². The Bertz CT molecular complexity index is 1260. The third kappa shape index (κ3) is 6.77. The molecule has 4 amide bonds. The van der Waals surface area contributed by atoms with Crippen molar-refractivity contribution in [3.05, 3.63) is 95.6 Å². The van der Waals surface area contributed by atoms with E-state index in [9.17, 15) is 19.2 Å². The lowest BCUT2D eigenvalue weighted by molar-refractivity contribution is -0.139. The fraction of sp³-hybridized carbons (Fsp3) is 0.185. The molecule has 0 bridgehead atoms. The third-order valence-electron chi connectivity index (χ3n) is 5.44. The van der Waals surface area contributed by atoms with E-state index in [-0.39, 0.29) is 30.9 Å². The average molecular weight is 473 g/mol. The number of nitrogens with one attached hydrogen (secondary N) is 4. The molecule has 0 aliphatic carbocycles. The van der Waals surface area contributed by atoms with Crippen LogP contribution in [0.25, 0.3) is 10.8 Å². The zero-order valence-corrected chi connectivity index (χ0v) is 19.6. The highest BCUT2D eigenvalue weighted by molar-refractivity contribution is 6.35. The molecule has 0 aliphatic heterocycles. The van der Waals surface area contributed by atoms with Crippen LogP contribution in [0.15, 0.2) is 78.9 Å². The van der Waals surface area contributed by atoms with E-state index in [4.69, 9.17) is 0 Å². The fourth-order valence-electron chi connectivity index (χ4n) is 3.61. The quantitative estimate of drug-likeness (QED) is 0.297. The van der Waals surface area contributed by atoms with Gasteiger partial charge in [-0.3, -0.25) is 19.2 Å². The summed E-state index contributed by atoms with van der Waals surface area (Å²) in [5.41, 5.74) is 1.99. The van der Waals surface area contributed by atoms with Gasteiger partial charge < -0.3 is 21.3 Å². The SMILES string of the molecule is CNC(=O)/C=C/CNC(=O)C(=O)NCc1ccccc1C(=O)N[C@H](C)c1cccc2ccccc12. The number of rotatable bonds is 8. The van der Waals surface area contributed by atoms with Crippen molar-refractivity contribution in [3.63, 3.8) is 0 Å². The zero-order chi connectivity index (χ0) is 25.2. The van der Waals surface area contributed by atoms with E-state index in [2.05, 4.69) is 21.3 Å². The van der Waals surface area contributed by atoms with E-state index in [0.717, 1.165) is 16.3 Å². The molecule has 180 valence electrons. The lowest BCUT2D eigenvalue weighted by atomic mass is 9.99. The summed E-state index contributed by atoms with van der Waals surface area (Å²) in [7, 11) is 1.49. The predicted molar refractivity (Wildman–Crippen MR) is 134 cm³/mol. The molecular weight excluding hydrogens is 444 g/mol. The Kier molecular flexibility index (Phi) is 8.72. The maximum absolute atomic E-state index is 13.1. The van der Waals surface area contributed by atoms with Crippen LogP contribution in [-0.2, 0) is 20.9 Å². The second kappa shape index (κ2) is 12.1. The number of hydrogen-bond donors (Lipinski definition) is 4. The van der Waals surface area contributed by atoms with Gasteiger partial charge in [0.25, 0.3) is 5.91 Å². The lowest BCUT2D eigenvalue weighted by Crippen LogP contribution is -2.40. The maximum atomic E-state index is 13.1. The number of hydrogen-bond acceptors (Lipinski definition) is 4. The van der Waals surface area contributed by atoms with Crippen molar-refractivity contribution in [3.8, 4) is 0 Å². The molecule has 3 rings (SSSR count). The Balaban J connectivity index is 1.61. The summed E-state index contributed by atoms with van der Waals surface area (Å²) >= 11 is 0. The molecule has 0 saturated heterocycles. The van der Waals surface area contributed by atoms with Crippen LogP contribution in [0.3, 0.4) is 0 Å². The molecule has 0 aliphatic rings. The van der Waals surface area contributed by atoms with Gasteiger partial charge in [0.2, 0.25) is 5.91 Å². The minimum Gasteiger partial charge on any atom is -0.356 e. The summed E-state index contributed by atoms with van der Waals surface area (Å²) in [6.45, 7) is 1.96. The first-order valence-corrected chi connectivity index (χ1v) is 11.2. The van der Waals surface area contributed by atoms with Crippen LogP contribution in [0.1, 0.15) is 34.5 Å². The minimum absolute atomic E-state index is 0.00652. The molecule has 3 aromatic carbocycles. The van der Waals surface area contributed by atoms with Crippen molar-refractivity contribution in [2.75, 3.05) is 13.6 Å². The third-order valence-corrected chi connectivity index (χ3v) is 5.44. The first-order valence-electron chi connectivity index (χ1n) is 11.2. The standard InChI is InChI=1S/C27H28N4O4/c1-18(21-14-7-11-19-9-3-5-12-22(19)21)31-25(33)23-13-6-4-10-20(23)17-30-27(35)26(34)29-16-8-15-24(32)28-2/h3-15,18H,16-17H2,1-2H3,(H,28,32)(H,29,34)(H,30,35)(H,31,33)/b15-8+/t18-/m1/s1. The first-order chi connectivity index (χ1) is 16.9. The van der Waals surface area contributed by atoms with Gasteiger partial charge in [-0.05, 0) is 34.9 Å². The van der Waals surface area contributed by atoms with E-state index in [1.165, 1.54) is 19.2 Å². The van der Waals surface area contributed by atoms with Gasteiger partial charge in [0, 0.05) is 31.8 Å². The number of carbonyl (C=O) groups excluding carboxylic acids is 4.